The van der Waals surface area contributed by atoms with Crippen molar-refractivity contribution < 1.29 is 19.4 Å². The van der Waals surface area contributed by atoms with E-state index < -0.39 is 5.97 Å². The lowest BCUT2D eigenvalue weighted by molar-refractivity contribution is -0.137. The topological polar surface area (TPSA) is 84.7 Å². The number of aliphatic carboxylic acids is 1. The van der Waals surface area contributed by atoms with E-state index in [2.05, 4.69) is 4.98 Å². The number of ether oxygens (including phenoxy) is 1. The number of carboxylic acid groups (broad SMARTS) is 1. The summed E-state index contributed by atoms with van der Waals surface area (Å²) in [5.74, 6) is 0.314. The molecule has 7 heteroatoms. The number of hydrogen-bond donors (Lipinski definition) is 1. The molecule has 1 aromatic heterocycles. The minimum absolute atomic E-state index is 0.00286. The molecule has 7 nitrogen and oxygen atoms in total. The summed E-state index contributed by atoms with van der Waals surface area (Å²) in [6.07, 6.45) is 0.302. The van der Waals surface area contributed by atoms with Crippen molar-refractivity contribution in [3.63, 3.8) is 0 Å². The molecule has 1 amide bonds. The van der Waals surface area contributed by atoms with Crippen LogP contribution in [0.3, 0.4) is 0 Å². The highest BCUT2D eigenvalue weighted by atomic mass is 16.5. The smallest absolute Gasteiger partial charge is 0.323 e. The molecule has 0 spiro atoms. The predicted molar refractivity (Wildman–Crippen MR) is 105 cm³/mol. The molecule has 0 radical (unpaired) electrons. The first-order valence-electron chi connectivity index (χ1n) is 9.27. The van der Waals surface area contributed by atoms with Crippen LogP contribution in [0.25, 0.3) is 11.0 Å². The first kappa shape index (κ1) is 18.0. The molecule has 1 fully saturated rings. The average Bonchev–Trinajstić information content (AvgIpc) is 3.23. The molecule has 1 N–H and O–H groups in total. The molecular weight excluding hydrogens is 358 g/mol. The third-order valence-electron chi connectivity index (χ3n) is 4.93. The van der Waals surface area contributed by atoms with Crippen molar-refractivity contribution in [1.29, 1.82) is 0 Å². The summed E-state index contributed by atoms with van der Waals surface area (Å²) in [7, 11) is 0. The number of carboxylic acids is 1. The fraction of sp³-hybridized carbons (Fsp3) is 0.286. The van der Waals surface area contributed by atoms with Gasteiger partial charge in [0.25, 0.3) is 0 Å². The molecule has 1 saturated heterocycles. The zero-order valence-corrected chi connectivity index (χ0v) is 15.5. The van der Waals surface area contributed by atoms with Gasteiger partial charge in [0, 0.05) is 24.6 Å². The highest BCUT2D eigenvalue weighted by Gasteiger charge is 2.35. The third-order valence-corrected chi connectivity index (χ3v) is 4.93. The molecule has 2 aromatic carbocycles. The van der Waals surface area contributed by atoms with Gasteiger partial charge in [-0.15, -0.1) is 0 Å². The van der Waals surface area contributed by atoms with Gasteiger partial charge in [0.2, 0.25) is 5.91 Å². The van der Waals surface area contributed by atoms with Gasteiger partial charge in [-0.25, -0.2) is 4.98 Å². The maximum atomic E-state index is 12.7. The lowest BCUT2D eigenvalue weighted by Gasteiger charge is -2.17. The summed E-state index contributed by atoms with van der Waals surface area (Å²) in [5.41, 5.74) is 2.31. The summed E-state index contributed by atoms with van der Waals surface area (Å²) in [6, 6.07) is 14.9. The van der Waals surface area contributed by atoms with Gasteiger partial charge >= 0.3 is 5.97 Å². The second-order valence-corrected chi connectivity index (χ2v) is 6.77. The molecule has 0 unspecified atom stereocenters. The van der Waals surface area contributed by atoms with Crippen LogP contribution in [0.4, 0.5) is 5.69 Å². The van der Waals surface area contributed by atoms with Gasteiger partial charge < -0.3 is 19.3 Å². The number of aromatic nitrogens is 2. The van der Waals surface area contributed by atoms with E-state index in [4.69, 9.17) is 4.74 Å². The fourth-order valence-corrected chi connectivity index (χ4v) is 3.73. The summed E-state index contributed by atoms with van der Waals surface area (Å²) in [4.78, 5) is 30.4. The zero-order valence-electron chi connectivity index (χ0n) is 15.5. The Balaban J connectivity index is 1.64. The molecule has 1 aliphatic heterocycles. The van der Waals surface area contributed by atoms with Crippen LogP contribution in [0, 0.1) is 0 Å². The van der Waals surface area contributed by atoms with Gasteiger partial charge in [-0.05, 0) is 43.3 Å². The predicted octanol–water partition coefficient (Wildman–Crippen LogP) is 3.04. The first-order chi connectivity index (χ1) is 13.6. The first-order valence-corrected chi connectivity index (χ1v) is 9.27. The molecule has 144 valence electrons. The number of carbonyl (C=O) groups is 2. The SMILES string of the molecule is CCOc1ccc(N2C[C@@H](c3nc4ccccc4n3CC(=O)O)CC2=O)cc1. The number of imidazole rings is 1. The monoisotopic (exact) mass is 379 g/mol. The average molecular weight is 379 g/mol. The molecule has 0 bridgehead atoms. The lowest BCUT2D eigenvalue weighted by Crippen LogP contribution is -2.24. The largest absolute Gasteiger partial charge is 0.494 e. The van der Waals surface area contributed by atoms with E-state index >= 15 is 0 Å². The van der Waals surface area contributed by atoms with Gasteiger partial charge in [-0.2, -0.15) is 0 Å². The van der Waals surface area contributed by atoms with E-state index in [1.165, 1.54) is 0 Å². The molecule has 0 saturated carbocycles. The van der Waals surface area contributed by atoms with Crippen LogP contribution in [0.5, 0.6) is 5.75 Å². The molecule has 3 aromatic rings. The van der Waals surface area contributed by atoms with Crippen molar-refractivity contribution in [2.24, 2.45) is 0 Å². The van der Waals surface area contributed by atoms with Crippen LogP contribution in [0.2, 0.25) is 0 Å². The highest BCUT2D eigenvalue weighted by molar-refractivity contribution is 5.96. The minimum atomic E-state index is -0.933. The Morgan fingerprint density at radius 3 is 2.68 bits per heavy atom. The Bertz CT molecular complexity index is 1030. The number of fused-ring (bicyclic) bond motifs is 1. The third kappa shape index (κ3) is 3.31. The molecule has 2 heterocycles. The Hall–Kier alpha value is -3.35. The summed E-state index contributed by atoms with van der Waals surface area (Å²) in [6.45, 7) is 2.80. The van der Waals surface area contributed by atoms with E-state index in [0.717, 1.165) is 22.5 Å². The molecule has 4 rings (SSSR count). The quantitative estimate of drug-likeness (QED) is 0.712. The van der Waals surface area contributed by atoms with Crippen LogP contribution in [-0.4, -0.2) is 39.7 Å². The number of benzene rings is 2. The number of amides is 1. The van der Waals surface area contributed by atoms with Crippen LogP contribution in [0.15, 0.2) is 48.5 Å². The molecule has 28 heavy (non-hydrogen) atoms. The molecular formula is C21H21N3O4. The van der Waals surface area contributed by atoms with Crippen LogP contribution in [-0.2, 0) is 16.1 Å². The number of rotatable bonds is 6. The Labute approximate surface area is 162 Å². The number of nitrogens with zero attached hydrogens (tertiary/aromatic N) is 3. The van der Waals surface area contributed by atoms with Crippen LogP contribution in [0.1, 0.15) is 25.1 Å². The highest BCUT2D eigenvalue weighted by Crippen LogP contribution is 2.33. The summed E-state index contributed by atoms with van der Waals surface area (Å²) in [5, 5.41) is 9.33. The van der Waals surface area contributed by atoms with E-state index in [1.807, 2.05) is 55.5 Å². The zero-order chi connectivity index (χ0) is 19.7. The second kappa shape index (κ2) is 7.34. The molecule has 1 atom stereocenters. The maximum Gasteiger partial charge on any atom is 0.323 e. The van der Waals surface area contributed by atoms with Gasteiger partial charge in [-0.1, -0.05) is 12.1 Å². The van der Waals surface area contributed by atoms with E-state index in [-0.39, 0.29) is 18.4 Å². The number of carbonyl (C=O) groups excluding carboxylic acids is 1. The van der Waals surface area contributed by atoms with Gasteiger partial charge in [0.05, 0.1) is 17.6 Å². The summed E-state index contributed by atoms with van der Waals surface area (Å²) >= 11 is 0. The van der Waals surface area contributed by atoms with E-state index in [9.17, 15) is 14.7 Å². The normalized spacial score (nSPS) is 16.7. The van der Waals surface area contributed by atoms with Crippen molar-refractivity contribution >= 4 is 28.6 Å². The van der Waals surface area contributed by atoms with Crippen molar-refractivity contribution in [2.45, 2.75) is 25.8 Å². The fourth-order valence-electron chi connectivity index (χ4n) is 3.73. The second-order valence-electron chi connectivity index (χ2n) is 6.77. The van der Waals surface area contributed by atoms with E-state index in [0.29, 0.717) is 25.4 Å². The van der Waals surface area contributed by atoms with Crippen LogP contribution >= 0.6 is 0 Å². The van der Waals surface area contributed by atoms with Crippen molar-refractivity contribution in [1.82, 2.24) is 9.55 Å². The Morgan fingerprint density at radius 2 is 1.96 bits per heavy atom. The standard InChI is InChI=1S/C21H21N3O4/c1-2-28-16-9-7-15(8-10-16)23-12-14(11-19(23)25)21-22-17-5-3-4-6-18(17)24(21)13-20(26)27/h3-10,14H,2,11-13H2,1H3,(H,26,27)/t14-/m0/s1. The summed E-state index contributed by atoms with van der Waals surface area (Å²) < 4.78 is 7.16. The molecule has 1 aliphatic rings. The van der Waals surface area contributed by atoms with Crippen molar-refractivity contribution in [3.8, 4) is 5.75 Å². The van der Waals surface area contributed by atoms with Gasteiger partial charge in [-0.3, -0.25) is 9.59 Å². The maximum absolute atomic E-state index is 12.7. The Morgan fingerprint density at radius 1 is 1.21 bits per heavy atom. The number of anilines is 1. The van der Waals surface area contributed by atoms with Crippen LogP contribution < -0.4 is 9.64 Å². The van der Waals surface area contributed by atoms with E-state index in [1.54, 1.807) is 9.47 Å². The minimum Gasteiger partial charge on any atom is -0.494 e. The molecule has 0 aliphatic carbocycles. The number of para-hydroxylation sites is 2. The number of hydrogen-bond acceptors (Lipinski definition) is 4. The van der Waals surface area contributed by atoms with Gasteiger partial charge in [0.15, 0.2) is 0 Å². The lowest BCUT2D eigenvalue weighted by atomic mass is 10.1. The Kier molecular flexibility index (Phi) is 4.73. The van der Waals surface area contributed by atoms with Gasteiger partial charge in [0.1, 0.15) is 18.1 Å². The van der Waals surface area contributed by atoms with Crippen molar-refractivity contribution in [3.05, 3.63) is 54.4 Å². The van der Waals surface area contributed by atoms with Crippen molar-refractivity contribution in [2.75, 3.05) is 18.1 Å².